The van der Waals surface area contributed by atoms with Crippen molar-refractivity contribution in [2.24, 2.45) is 0 Å². The molecular formula is C10H12N2O4. The number of benzene rings is 1. The van der Waals surface area contributed by atoms with E-state index in [-0.39, 0.29) is 5.69 Å². The first-order valence-corrected chi connectivity index (χ1v) is 4.45. The number of anilines is 1. The molecule has 1 aromatic carbocycles. The number of nitrogens with one attached hydrogen (secondary N) is 2. The van der Waals surface area contributed by atoms with Crippen LogP contribution in [0.15, 0.2) is 24.8 Å². The Morgan fingerprint density at radius 1 is 1.31 bits per heavy atom. The van der Waals surface area contributed by atoms with Crippen LogP contribution in [0.4, 0.5) is 10.5 Å². The summed E-state index contributed by atoms with van der Waals surface area (Å²) in [6.45, 7) is 3.72. The van der Waals surface area contributed by atoms with E-state index in [1.165, 1.54) is 6.08 Å². The van der Waals surface area contributed by atoms with E-state index in [2.05, 4.69) is 17.2 Å². The molecule has 2 amide bonds. The van der Waals surface area contributed by atoms with E-state index >= 15 is 0 Å². The predicted molar refractivity (Wildman–Crippen MR) is 58.7 cm³/mol. The summed E-state index contributed by atoms with van der Waals surface area (Å²) in [6, 6.07) is 1.72. The second-order valence-corrected chi connectivity index (χ2v) is 2.99. The van der Waals surface area contributed by atoms with Crippen molar-refractivity contribution in [3.63, 3.8) is 0 Å². The van der Waals surface area contributed by atoms with Crippen molar-refractivity contribution in [3.05, 3.63) is 24.8 Å². The molecule has 0 spiro atoms. The van der Waals surface area contributed by atoms with Crippen LogP contribution in [0.5, 0.6) is 17.2 Å². The van der Waals surface area contributed by atoms with Gasteiger partial charge in [0.05, 0.1) is 5.69 Å². The Morgan fingerprint density at radius 2 is 1.88 bits per heavy atom. The monoisotopic (exact) mass is 224 g/mol. The van der Waals surface area contributed by atoms with Gasteiger partial charge in [0.25, 0.3) is 0 Å². The number of hydrogen-bond donors (Lipinski definition) is 5. The molecule has 0 aliphatic heterocycles. The molecule has 0 saturated heterocycles. The summed E-state index contributed by atoms with van der Waals surface area (Å²) in [5, 5.41) is 32.2. The van der Waals surface area contributed by atoms with Crippen molar-refractivity contribution in [2.75, 3.05) is 11.9 Å². The molecule has 0 aliphatic carbocycles. The summed E-state index contributed by atoms with van der Waals surface area (Å²) >= 11 is 0. The van der Waals surface area contributed by atoms with Crippen molar-refractivity contribution in [3.8, 4) is 17.2 Å². The van der Waals surface area contributed by atoms with Gasteiger partial charge in [-0.1, -0.05) is 6.08 Å². The van der Waals surface area contributed by atoms with Crippen LogP contribution in [-0.2, 0) is 0 Å². The van der Waals surface area contributed by atoms with E-state index in [1.807, 2.05) is 0 Å². The number of rotatable bonds is 3. The maximum atomic E-state index is 11.2. The third kappa shape index (κ3) is 2.81. The second-order valence-electron chi connectivity index (χ2n) is 2.99. The van der Waals surface area contributed by atoms with Crippen LogP contribution in [-0.4, -0.2) is 27.9 Å². The van der Waals surface area contributed by atoms with Crippen molar-refractivity contribution in [1.29, 1.82) is 0 Å². The Labute approximate surface area is 91.8 Å². The molecule has 1 aromatic rings. The first kappa shape index (κ1) is 11.7. The SMILES string of the molecule is C=CCNC(=O)Nc1cc(O)c(O)c(O)c1. The van der Waals surface area contributed by atoms with Crippen molar-refractivity contribution in [2.45, 2.75) is 0 Å². The molecule has 0 bridgehead atoms. The molecular weight excluding hydrogens is 212 g/mol. The minimum Gasteiger partial charge on any atom is -0.504 e. The maximum Gasteiger partial charge on any atom is 0.319 e. The molecule has 86 valence electrons. The number of phenols is 3. The number of amides is 2. The van der Waals surface area contributed by atoms with Gasteiger partial charge >= 0.3 is 6.03 Å². The van der Waals surface area contributed by atoms with E-state index in [1.54, 1.807) is 0 Å². The van der Waals surface area contributed by atoms with Crippen LogP contribution in [0, 0.1) is 0 Å². The average Bonchev–Trinajstić information content (AvgIpc) is 2.23. The number of carbonyl (C=O) groups excluding carboxylic acids is 1. The van der Waals surface area contributed by atoms with Gasteiger partial charge in [-0.2, -0.15) is 0 Å². The van der Waals surface area contributed by atoms with Gasteiger partial charge in [-0.25, -0.2) is 4.79 Å². The third-order valence-electron chi connectivity index (χ3n) is 1.73. The van der Waals surface area contributed by atoms with Crippen LogP contribution >= 0.6 is 0 Å². The normalized spacial score (nSPS) is 9.50. The number of phenolic OH excluding ortho intramolecular Hbond substituents is 3. The van der Waals surface area contributed by atoms with Gasteiger partial charge in [0.1, 0.15) is 0 Å². The summed E-state index contributed by atoms with van der Waals surface area (Å²) in [5.41, 5.74) is 0.161. The fourth-order valence-electron chi connectivity index (χ4n) is 1.02. The standard InChI is InChI=1S/C10H12N2O4/c1-2-3-11-10(16)12-6-4-7(13)9(15)8(14)5-6/h2,4-5,13-15H,1,3H2,(H2,11,12,16). The van der Waals surface area contributed by atoms with Gasteiger partial charge in [-0.05, 0) is 0 Å². The average molecular weight is 224 g/mol. The molecule has 5 N–H and O–H groups in total. The van der Waals surface area contributed by atoms with Gasteiger partial charge < -0.3 is 26.0 Å². The van der Waals surface area contributed by atoms with Gasteiger partial charge in [0, 0.05) is 18.7 Å². The second kappa shape index (κ2) is 4.92. The summed E-state index contributed by atoms with van der Waals surface area (Å²) in [4.78, 5) is 11.2. The van der Waals surface area contributed by atoms with Crippen LogP contribution in [0.1, 0.15) is 0 Å². The van der Waals surface area contributed by atoms with E-state index in [9.17, 15) is 15.0 Å². The molecule has 6 heteroatoms. The summed E-state index contributed by atoms with van der Waals surface area (Å²) in [7, 11) is 0. The lowest BCUT2D eigenvalue weighted by Crippen LogP contribution is -2.28. The van der Waals surface area contributed by atoms with Gasteiger partial charge in [-0.3, -0.25) is 0 Å². The van der Waals surface area contributed by atoms with E-state index < -0.39 is 23.3 Å². The highest BCUT2D eigenvalue weighted by Gasteiger charge is 2.09. The zero-order chi connectivity index (χ0) is 12.1. The highest BCUT2D eigenvalue weighted by molar-refractivity contribution is 5.90. The molecule has 0 atom stereocenters. The van der Waals surface area contributed by atoms with Crippen LogP contribution in [0.3, 0.4) is 0 Å². The molecule has 0 aliphatic rings. The summed E-state index contributed by atoms with van der Waals surface area (Å²) in [5.74, 6) is -1.66. The van der Waals surface area contributed by atoms with Crippen molar-refractivity contribution in [1.82, 2.24) is 5.32 Å². The molecule has 0 radical (unpaired) electrons. The molecule has 6 nitrogen and oxygen atoms in total. The van der Waals surface area contributed by atoms with Gasteiger partial charge in [-0.15, -0.1) is 6.58 Å². The molecule has 16 heavy (non-hydrogen) atoms. The highest BCUT2D eigenvalue weighted by atomic mass is 16.3. The van der Waals surface area contributed by atoms with E-state index in [4.69, 9.17) is 5.11 Å². The van der Waals surface area contributed by atoms with Crippen molar-refractivity contribution < 1.29 is 20.1 Å². The zero-order valence-corrected chi connectivity index (χ0v) is 8.40. The Hall–Kier alpha value is -2.37. The zero-order valence-electron chi connectivity index (χ0n) is 8.40. The highest BCUT2D eigenvalue weighted by Crippen LogP contribution is 2.37. The van der Waals surface area contributed by atoms with Gasteiger partial charge in [0.15, 0.2) is 17.2 Å². The summed E-state index contributed by atoms with van der Waals surface area (Å²) < 4.78 is 0. The molecule has 0 aromatic heterocycles. The van der Waals surface area contributed by atoms with Crippen LogP contribution < -0.4 is 10.6 Å². The third-order valence-corrected chi connectivity index (χ3v) is 1.73. The number of carbonyl (C=O) groups is 1. The fourth-order valence-corrected chi connectivity index (χ4v) is 1.02. The first-order chi connectivity index (χ1) is 7.54. The first-order valence-electron chi connectivity index (χ1n) is 4.45. The number of aromatic hydroxyl groups is 3. The minimum absolute atomic E-state index is 0.161. The topological polar surface area (TPSA) is 102 Å². The molecule has 0 saturated carbocycles. The Kier molecular flexibility index (Phi) is 3.60. The molecule has 0 unspecified atom stereocenters. The number of urea groups is 1. The summed E-state index contributed by atoms with van der Waals surface area (Å²) in [6.07, 6.45) is 1.51. The lowest BCUT2D eigenvalue weighted by molar-refractivity contribution is 0.253. The molecule has 1 rings (SSSR count). The Morgan fingerprint density at radius 3 is 2.38 bits per heavy atom. The molecule has 0 heterocycles. The predicted octanol–water partition coefficient (Wildman–Crippen LogP) is 1.11. The minimum atomic E-state index is -0.628. The van der Waals surface area contributed by atoms with Gasteiger partial charge in [0.2, 0.25) is 0 Å². The Balaban J connectivity index is 2.74. The maximum absolute atomic E-state index is 11.2. The quantitative estimate of drug-likeness (QED) is 0.301. The Bertz CT molecular complexity index is 394. The van der Waals surface area contributed by atoms with E-state index in [0.29, 0.717) is 6.54 Å². The smallest absolute Gasteiger partial charge is 0.319 e. The largest absolute Gasteiger partial charge is 0.504 e. The number of hydrogen-bond acceptors (Lipinski definition) is 4. The van der Waals surface area contributed by atoms with Crippen molar-refractivity contribution >= 4 is 11.7 Å². The van der Waals surface area contributed by atoms with Crippen LogP contribution in [0.25, 0.3) is 0 Å². The fraction of sp³-hybridized carbons (Fsp3) is 0.100. The lowest BCUT2D eigenvalue weighted by atomic mass is 10.2. The van der Waals surface area contributed by atoms with E-state index in [0.717, 1.165) is 12.1 Å². The van der Waals surface area contributed by atoms with Crippen LogP contribution in [0.2, 0.25) is 0 Å². The lowest BCUT2D eigenvalue weighted by Gasteiger charge is -2.08. The molecule has 0 fully saturated rings.